The quantitative estimate of drug-likeness (QED) is 0.795. The summed E-state index contributed by atoms with van der Waals surface area (Å²) >= 11 is 6.02. The molecule has 1 aromatic rings. The monoisotopic (exact) mass is 276 g/mol. The predicted molar refractivity (Wildman–Crippen MR) is 66.9 cm³/mol. The molecule has 1 fully saturated rings. The van der Waals surface area contributed by atoms with E-state index in [0.717, 1.165) is 0 Å². The van der Waals surface area contributed by atoms with Gasteiger partial charge >= 0.3 is 0 Å². The van der Waals surface area contributed by atoms with Crippen molar-refractivity contribution < 1.29 is 8.42 Å². The summed E-state index contributed by atoms with van der Waals surface area (Å²) in [4.78, 5) is 9.70. The summed E-state index contributed by atoms with van der Waals surface area (Å²) < 4.78 is 22.9. The van der Waals surface area contributed by atoms with E-state index in [0.29, 0.717) is 12.4 Å². The zero-order chi connectivity index (χ0) is 12.6. The highest BCUT2D eigenvalue weighted by molar-refractivity contribution is 7.91. The highest BCUT2D eigenvalue weighted by Crippen LogP contribution is 2.29. The lowest BCUT2D eigenvalue weighted by Gasteiger charge is -2.34. The second-order valence-electron chi connectivity index (χ2n) is 4.05. The Hall–Kier alpha value is -1.08. The Kier molecular flexibility index (Phi) is 3.13. The maximum absolute atomic E-state index is 11.5. The minimum Gasteiger partial charge on any atom is -0.382 e. The lowest BCUT2D eigenvalue weighted by Crippen LogP contribution is -2.47. The average Bonchev–Trinajstić information content (AvgIpc) is 2.22. The van der Waals surface area contributed by atoms with E-state index in [2.05, 4.69) is 9.97 Å². The number of hydrogen-bond acceptors (Lipinski definition) is 6. The average molecular weight is 277 g/mol. The summed E-state index contributed by atoms with van der Waals surface area (Å²) in [5.74, 6) is 0.920. The maximum atomic E-state index is 11.5. The lowest BCUT2D eigenvalue weighted by molar-refractivity contribution is 0.567. The molecule has 2 rings (SSSR count). The molecule has 1 aliphatic heterocycles. The molecular formula is C9H13ClN4O2S. The van der Waals surface area contributed by atoms with Crippen molar-refractivity contribution in [2.24, 2.45) is 0 Å². The third kappa shape index (κ3) is 2.44. The summed E-state index contributed by atoms with van der Waals surface area (Å²) in [7, 11) is -2.96. The molecular weight excluding hydrogens is 264 g/mol. The molecule has 8 heteroatoms. The van der Waals surface area contributed by atoms with Crippen molar-refractivity contribution in [1.29, 1.82) is 0 Å². The van der Waals surface area contributed by atoms with E-state index < -0.39 is 9.84 Å². The SMILES string of the molecule is CC1CS(=O)(=O)CCN1c1ncnc(N)c1Cl. The summed E-state index contributed by atoms with van der Waals surface area (Å²) in [5, 5.41) is 0.277. The van der Waals surface area contributed by atoms with Crippen molar-refractivity contribution in [3.05, 3.63) is 11.3 Å². The highest BCUT2D eigenvalue weighted by Gasteiger charge is 2.30. The zero-order valence-corrected chi connectivity index (χ0v) is 10.9. The molecule has 1 atom stereocenters. The highest BCUT2D eigenvalue weighted by atomic mass is 35.5. The number of rotatable bonds is 1. The van der Waals surface area contributed by atoms with Crippen molar-refractivity contribution in [1.82, 2.24) is 9.97 Å². The van der Waals surface area contributed by atoms with Gasteiger partial charge in [0.2, 0.25) is 0 Å². The van der Waals surface area contributed by atoms with Gasteiger partial charge in [-0.15, -0.1) is 0 Å². The maximum Gasteiger partial charge on any atom is 0.154 e. The molecule has 0 saturated carbocycles. The van der Waals surface area contributed by atoms with Crippen LogP contribution < -0.4 is 10.6 Å². The second kappa shape index (κ2) is 4.30. The van der Waals surface area contributed by atoms with Gasteiger partial charge in [0.1, 0.15) is 17.2 Å². The van der Waals surface area contributed by atoms with Gasteiger partial charge in [0.15, 0.2) is 15.7 Å². The van der Waals surface area contributed by atoms with Crippen LogP contribution in [-0.2, 0) is 9.84 Å². The minimum atomic E-state index is -2.96. The second-order valence-corrected chi connectivity index (χ2v) is 6.66. The normalized spacial score (nSPS) is 23.6. The van der Waals surface area contributed by atoms with Crippen molar-refractivity contribution in [3.63, 3.8) is 0 Å². The van der Waals surface area contributed by atoms with Gasteiger partial charge in [0, 0.05) is 12.6 Å². The smallest absolute Gasteiger partial charge is 0.154 e. The summed E-state index contributed by atoms with van der Waals surface area (Å²) in [6, 6.07) is -0.166. The molecule has 17 heavy (non-hydrogen) atoms. The molecule has 6 nitrogen and oxygen atoms in total. The van der Waals surface area contributed by atoms with Crippen LogP contribution in [0.25, 0.3) is 0 Å². The fourth-order valence-corrected chi connectivity index (χ4v) is 3.65. The fourth-order valence-electron chi connectivity index (χ4n) is 1.89. The molecule has 1 aliphatic rings. The van der Waals surface area contributed by atoms with E-state index in [-0.39, 0.29) is 28.4 Å². The van der Waals surface area contributed by atoms with Crippen LogP contribution in [0.2, 0.25) is 5.02 Å². The lowest BCUT2D eigenvalue weighted by atomic mass is 10.3. The number of anilines is 2. The predicted octanol–water partition coefficient (Wildman–Crippen LogP) is 0.336. The molecule has 2 N–H and O–H groups in total. The Morgan fingerprint density at radius 2 is 2.24 bits per heavy atom. The van der Waals surface area contributed by atoms with Crippen molar-refractivity contribution in [2.75, 3.05) is 28.7 Å². The Morgan fingerprint density at radius 3 is 2.88 bits per heavy atom. The summed E-state index contributed by atoms with van der Waals surface area (Å²) in [5.41, 5.74) is 5.60. The molecule has 0 aromatic carbocycles. The molecule has 0 aliphatic carbocycles. The third-order valence-corrected chi connectivity index (χ3v) is 4.90. The number of nitrogen functional groups attached to an aromatic ring is 1. The number of hydrogen-bond donors (Lipinski definition) is 1. The van der Waals surface area contributed by atoms with Crippen LogP contribution in [-0.4, -0.2) is 42.5 Å². The van der Waals surface area contributed by atoms with E-state index in [4.69, 9.17) is 17.3 Å². The van der Waals surface area contributed by atoms with E-state index in [1.165, 1.54) is 6.33 Å². The Labute approximate surface area is 105 Å². The molecule has 0 amide bonds. The number of nitrogens with zero attached hydrogens (tertiary/aromatic N) is 3. The van der Waals surface area contributed by atoms with Gasteiger partial charge in [-0.25, -0.2) is 18.4 Å². The number of nitrogens with two attached hydrogens (primary N) is 1. The van der Waals surface area contributed by atoms with Gasteiger partial charge in [-0.3, -0.25) is 0 Å². The van der Waals surface area contributed by atoms with Gasteiger partial charge in [0.05, 0.1) is 11.5 Å². The molecule has 0 bridgehead atoms. The van der Waals surface area contributed by atoms with Gasteiger partial charge < -0.3 is 10.6 Å². The van der Waals surface area contributed by atoms with E-state index in [9.17, 15) is 8.42 Å². The molecule has 1 unspecified atom stereocenters. The molecule has 2 heterocycles. The minimum absolute atomic E-state index is 0.104. The van der Waals surface area contributed by atoms with E-state index >= 15 is 0 Å². The third-order valence-electron chi connectivity index (χ3n) is 2.74. The van der Waals surface area contributed by atoms with Crippen LogP contribution in [0.15, 0.2) is 6.33 Å². The molecule has 94 valence electrons. The molecule has 0 spiro atoms. The van der Waals surface area contributed by atoms with Crippen LogP contribution in [0.5, 0.6) is 0 Å². The van der Waals surface area contributed by atoms with Gasteiger partial charge in [-0.1, -0.05) is 11.6 Å². The zero-order valence-electron chi connectivity index (χ0n) is 9.30. The summed E-state index contributed by atoms with van der Waals surface area (Å²) in [6.07, 6.45) is 1.33. The largest absolute Gasteiger partial charge is 0.382 e. The van der Waals surface area contributed by atoms with Gasteiger partial charge in [0.25, 0.3) is 0 Å². The molecule has 1 saturated heterocycles. The number of halogens is 1. The Balaban J connectivity index is 2.33. The Morgan fingerprint density at radius 1 is 1.53 bits per heavy atom. The van der Waals surface area contributed by atoms with Crippen molar-refractivity contribution in [2.45, 2.75) is 13.0 Å². The summed E-state index contributed by atoms with van der Waals surface area (Å²) in [6.45, 7) is 2.20. The standard InChI is InChI=1S/C9H13ClN4O2S/c1-6-4-17(15,16)3-2-14(6)9-7(10)8(11)12-5-13-9/h5-6H,2-4H2,1H3,(H2,11,12,13). The first-order valence-electron chi connectivity index (χ1n) is 5.14. The van der Waals surface area contributed by atoms with Crippen LogP contribution in [0.3, 0.4) is 0 Å². The van der Waals surface area contributed by atoms with Gasteiger partial charge in [-0.2, -0.15) is 0 Å². The van der Waals surface area contributed by atoms with Crippen LogP contribution in [0.4, 0.5) is 11.6 Å². The first kappa shape index (κ1) is 12.4. The number of aromatic nitrogens is 2. The van der Waals surface area contributed by atoms with Crippen molar-refractivity contribution >= 4 is 33.1 Å². The first-order valence-corrected chi connectivity index (χ1v) is 7.33. The Bertz CT molecular complexity index is 534. The van der Waals surface area contributed by atoms with Crippen LogP contribution >= 0.6 is 11.6 Å². The van der Waals surface area contributed by atoms with Crippen molar-refractivity contribution in [3.8, 4) is 0 Å². The van der Waals surface area contributed by atoms with E-state index in [1.807, 2.05) is 11.8 Å². The molecule has 1 aromatic heterocycles. The first-order chi connectivity index (χ1) is 7.91. The number of sulfone groups is 1. The topological polar surface area (TPSA) is 89.2 Å². The molecule has 0 radical (unpaired) electrons. The van der Waals surface area contributed by atoms with Gasteiger partial charge in [-0.05, 0) is 6.92 Å². The fraction of sp³-hybridized carbons (Fsp3) is 0.556. The van der Waals surface area contributed by atoms with Crippen LogP contribution in [0, 0.1) is 0 Å². The van der Waals surface area contributed by atoms with Crippen LogP contribution in [0.1, 0.15) is 6.92 Å². The van der Waals surface area contributed by atoms with E-state index in [1.54, 1.807) is 0 Å².